The van der Waals surface area contributed by atoms with Gasteiger partial charge in [0.25, 0.3) is 0 Å². The lowest BCUT2D eigenvalue weighted by Gasteiger charge is -2.57. The number of nitrogens with zero attached hydrogens (tertiary/aromatic N) is 2. The number of hydrogen-bond acceptors (Lipinski definition) is 7. The lowest BCUT2D eigenvalue weighted by atomic mass is 9.69. The van der Waals surface area contributed by atoms with E-state index in [9.17, 15) is 19.2 Å². The SMILES string of the molecule is CCN1CC2CC(C1)N2C(=O)C(CCCCN)NC(=O)C1(CC(=O)C(Cc2ccccc2)NC(=O)C(N)Cc2ccccc2)CCCCC1. The lowest BCUT2D eigenvalue weighted by molar-refractivity contribution is -0.158. The van der Waals surface area contributed by atoms with Gasteiger partial charge in [-0.1, -0.05) is 86.8 Å². The molecule has 2 aromatic rings. The van der Waals surface area contributed by atoms with Crippen molar-refractivity contribution < 1.29 is 19.2 Å². The van der Waals surface area contributed by atoms with Gasteiger partial charge in [-0.15, -0.1) is 0 Å². The third-order valence-electron chi connectivity index (χ3n) is 10.9. The Morgan fingerprint density at radius 2 is 1.45 bits per heavy atom. The molecule has 2 aromatic carbocycles. The second kappa shape index (κ2) is 17.4. The van der Waals surface area contributed by atoms with Crippen LogP contribution < -0.4 is 22.1 Å². The third-order valence-corrected chi connectivity index (χ3v) is 10.9. The highest BCUT2D eigenvalue weighted by Gasteiger charge is 2.49. The van der Waals surface area contributed by atoms with Crippen LogP contribution in [0.4, 0.5) is 0 Å². The van der Waals surface area contributed by atoms with E-state index in [2.05, 4.69) is 22.5 Å². The maximum absolute atomic E-state index is 14.4. The van der Waals surface area contributed by atoms with E-state index in [-0.39, 0.29) is 36.1 Å². The number of likely N-dealkylation sites (N-methyl/N-ethyl adjacent to an activating group) is 1. The molecule has 4 aliphatic rings. The first-order valence-corrected chi connectivity index (χ1v) is 18.4. The number of nitrogens with one attached hydrogen (secondary N) is 2. The second-order valence-corrected chi connectivity index (χ2v) is 14.5. The van der Waals surface area contributed by atoms with Gasteiger partial charge in [0.1, 0.15) is 6.04 Å². The zero-order valence-corrected chi connectivity index (χ0v) is 29.2. The van der Waals surface area contributed by atoms with Crippen LogP contribution in [0.15, 0.2) is 60.7 Å². The van der Waals surface area contributed by atoms with E-state index in [1.807, 2.05) is 65.6 Å². The number of amides is 3. The van der Waals surface area contributed by atoms with Crippen LogP contribution in [0.25, 0.3) is 0 Å². The van der Waals surface area contributed by atoms with Crippen molar-refractivity contribution in [1.29, 1.82) is 0 Å². The first-order valence-electron chi connectivity index (χ1n) is 18.4. The summed E-state index contributed by atoms with van der Waals surface area (Å²) in [4.78, 5) is 60.5. The Bertz CT molecular complexity index is 1390. The normalized spacial score (nSPS) is 21.9. The number of nitrogens with two attached hydrogens (primary N) is 2. The van der Waals surface area contributed by atoms with E-state index in [1.54, 1.807) is 0 Å². The number of unbranched alkanes of at least 4 members (excludes halogenated alkanes) is 1. The van der Waals surface area contributed by atoms with Crippen LogP contribution in [-0.4, -0.2) is 89.7 Å². The Kier molecular flexibility index (Phi) is 13.0. The van der Waals surface area contributed by atoms with Crippen LogP contribution in [0.3, 0.4) is 0 Å². The number of ketones is 1. The zero-order valence-electron chi connectivity index (χ0n) is 29.2. The number of benzene rings is 2. The van der Waals surface area contributed by atoms with Gasteiger partial charge < -0.3 is 27.0 Å². The number of hydrogen-bond donors (Lipinski definition) is 4. The average Bonchev–Trinajstić information content (AvgIpc) is 3.12. The number of fused-ring (bicyclic) bond motifs is 2. The summed E-state index contributed by atoms with van der Waals surface area (Å²) in [5.74, 6) is -0.823. The molecule has 0 radical (unpaired) electrons. The quantitative estimate of drug-likeness (QED) is 0.189. The molecule has 0 aromatic heterocycles. The molecule has 1 aliphatic carbocycles. The molecule has 5 unspecified atom stereocenters. The maximum atomic E-state index is 14.4. The van der Waals surface area contributed by atoms with E-state index in [0.29, 0.717) is 38.6 Å². The minimum atomic E-state index is -0.947. The number of Topliss-reactive ketones (excluding diaryl/α,β-unsaturated/α-hetero) is 1. The summed E-state index contributed by atoms with van der Waals surface area (Å²) in [5.41, 5.74) is 13.0. The molecule has 3 heterocycles. The molecule has 2 bridgehead atoms. The number of piperazine rings is 1. The van der Waals surface area contributed by atoms with E-state index < -0.39 is 29.4 Å². The molecule has 6 rings (SSSR count). The largest absolute Gasteiger partial charge is 0.345 e. The molecule has 5 atom stereocenters. The molecule has 266 valence electrons. The van der Waals surface area contributed by atoms with Crippen molar-refractivity contribution in [2.45, 2.75) is 114 Å². The van der Waals surface area contributed by atoms with Gasteiger partial charge in [0, 0.05) is 31.6 Å². The van der Waals surface area contributed by atoms with Gasteiger partial charge in [0.15, 0.2) is 5.78 Å². The van der Waals surface area contributed by atoms with Crippen LogP contribution >= 0.6 is 0 Å². The first-order chi connectivity index (χ1) is 23.7. The predicted molar refractivity (Wildman–Crippen MR) is 191 cm³/mol. The first kappa shape index (κ1) is 36.7. The highest BCUT2D eigenvalue weighted by molar-refractivity contribution is 5.97. The molecule has 3 saturated heterocycles. The van der Waals surface area contributed by atoms with Gasteiger partial charge in [-0.3, -0.25) is 24.1 Å². The molecule has 0 spiro atoms. The van der Waals surface area contributed by atoms with Crippen molar-refractivity contribution in [2.24, 2.45) is 16.9 Å². The fourth-order valence-corrected chi connectivity index (χ4v) is 8.06. The highest BCUT2D eigenvalue weighted by Crippen LogP contribution is 2.41. The van der Waals surface area contributed by atoms with Crippen LogP contribution in [0.5, 0.6) is 0 Å². The Balaban J connectivity index is 1.32. The Morgan fingerprint density at radius 1 is 0.837 bits per heavy atom. The maximum Gasteiger partial charge on any atom is 0.245 e. The summed E-state index contributed by atoms with van der Waals surface area (Å²) in [5, 5.41) is 6.15. The van der Waals surface area contributed by atoms with E-state index >= 15 is 0 Å². The Hall–Kier alpha value is -3.60. The van der Waals surface area contributed by atoms with Crippen molar-refractivity contribution in [3.63, 3.8) is 0 Å². The highest BCUT2D eigenvalue weighted by atomic mass is 16.2. The Morgan fingerprint density at radius 3 is 2.04 bits per heavy atom. The Labute approximate surface area is 291 Å². The van der Waals surface area contributed by atoms with Crippen molar-refractivity contribution in [3.05, 3.63) is 71.8 Å². The number of carbonyl (C=O) groups is 4. The van der Waals surface area contributed by atoms with Crippen molar-refractivity contribution >= 4 is 23.5 Å². The van der Waals surface area contributed by atoms with Gasteiger partial charge >= 0.3 is 0 Å². The molecular formula is C39H56N6O4. The fourth-order valence-electron chi connectivity index (χ4n) is 8.06. The predicted octanol–water partition coefficient (Wildman–Crippen LogP) is 3.11. The van der Waals surface area contributed by atoms with Crippen LogP contribution in [0, 0.1) is 5.41 Å². The molecule has 10 heteroatoms. The third kappa shape index (κ3) is 9.35. The standard InChI is InChI=1S/C39H56N6O4/c1-2-44-26-30-24-31(27-44)45(30)37(48)33(18-10-13-21-40)43-38(49)39(19-11-5-12-20-39)25-35(46)34(23-29-16-8-4-9-17-29)42-36(47)32(41)22-28-14-6-3-7-15-28/h3-4,6-9,14-17,30-34H,2,5,10-13,18-27,40-41H2,1H3,(H,42,47)(H,43,49). The average molecular weight is 673 g/mol. The molecule has 3 aliphatic heterocycles. The van der Waals surface area contributed by atoms with Crippen molar-refractivity contribution in [2.75, 3.05) is 26.2 Å². The summed E-state index contributed by atoms with van der Waals surface area (Å²) < 4.78 is 0. The van der Waals surface area contributed by atoms with Crippen LogP contribution in [0.1, 0.15) is 82.3 Å². The number of piperidine rings is 1. The molecule has 49 heavy (non-hydrogen) atoms. The molecule has 6 N–H and O–H groups in total. The topological polar surface area (TPSA) is 151 Å². The van der Waals surface area contributed by atoms with Crippen LogP contribution in [0.2, 0.25) is 0 Å². The molecule has 1 saturated carbocycles. The van der Waals surface area contributed by atoms with Crippen molar-refractivity contribution in [3.8, 4) is 0 Å². The lowest BCUT2D eigenvalue weighted by Crippen LogP contribution is -2.72. The van der Waals surface area contributed by atoms with Crippen LogP contribution in [-0.2, 0) is 32.0 Å². The van der Waals surface area contributed by atoms with Gasteiger partial charge in [-0.2, -0.15) is 0 Å². The smallest absolute Gasteiger partial charge is 0.245 e. The number of rotatable bonds is 17. The van der Waals surface area contributed by atoms with Gasteiger partial charge in [-0.05, 0) is 75.6 Å². The summed E-state index contributed by atoms with van der Waals surface area (Å²) in [6, 6.07) is 17.2. The van der Waals surface area contributed by atoms with Gasteiger partial charge in [0.05, 0.1) is 17.5 Å². The molecule has 10 nitrogen and oxygen atoms in total. The van der Waals surface area contributed by atoms with Gasteiger partial charge in [0.2, 0.25) is 17.7 Å². The second-order valence-electron chi connectivity index (χ2n) is 14.5. The molecule has 3 amide bonds. The van der Waals surface area contributed by atoms with Crippen molar-refractivity contribution in [1.82, 2.24) is 20.4 Å². The molecular weight excluding hydrogens is 616 g/mol. The van der Waals surface area contributed by atoms with Gasteiger partial charge in [-0.25, -0.2) is 0 Å². The van der Waals surface area contributed by atoms with E-state index in [0.717, 1.165) is 69.3 Å². The van der Waals surface area contributed by atoms with E-state index in [4.69, 9.17) is 11.5 Å². The summed E-state index contributed by atoms with van der Waals surface area (Å²) in [7, 11) is 0. The summed E-state index contributed by atoms with van der Waals surface area (Å²) >= 11 is 0. The van der Waals surface area contributed by atoms with E-state index in [1.165, 1.54) is 0 Å². The monoisotopic (exact) mass is 672 g/mol. The zero-order chi connectivity index (χ0) is 34.8. The fraction of sp³-hybridized carbons (Fsp3) is 0.590. The summed E-state index contributed by atoms with van der Waals surface area (Å²) in [6.07, 6.45) is 7.45. The number of carbonyl (C=O) groups excluding carboxylic acids is 4. The summed E-state index contributed by atoms with van der Waals surface area (Å²) in [6.45, 7) is 5.37. The minimum Gasteiger partial charge on any atom is -0.345 e. The minimum absolute atomic E-state index is 0.00529. The molecule has 4 fully saturated rings.